The van der Waals surface area contributed by atoms with Crippen LogP contribution >= 0.6 is 0 Å². The Morgan fingerprint density at radius 2 is 1.93 bits per heavy atom. The summed E-state index contributed by atoms with van der Waals surface area (Å²) >= 11 is 0. The number of likely N-dealkylation sites (N-methyl/N-ethyl adjacent to an activating group) is 1. The van der Waals surface area contributed by atoms with E-state index >= 15 is 0 Å². The maximum absolute atomic E-state index is 12.0. The van der Waals surface area contributed by atoms with E-state index in [-0.39, 0.29) is 13.1 Å². The lowest BCUT2D eigenvalue weighted by molar-refractivity contribution is -0.139. The van der Waals surface area contributed by atoms with E-state index in [0.29, 0.717) is 5.75 Å². The van der Waals surface area contributed by atoms with Crippen LogP contribution in [0.3, 0.4) is 0 Å². The van der Waals surface area contributed by atoms with Gasteiger partial charge in [-0.05, 0) is 29.7 Å². The first-order valence-corrected chi connectivity index (χ1v) is 9.19. The number of rotatable bonds is 6. The molecule has 0 aromatic heterocycles. The number of hydrogen-bond acceptors (Lipinski definition) is 5. The zero-order chi connectivity index (χ0) is 20.1. The normalized spacial score (nSPS) is 13.6. The highest BCUT2D eigenvalue weighted by atomic mass is 16.5. The minimum absolute atomic E-state index is 0.0322. The van der Waals surface area contributed by atoms with Crippen molar-refractivity contribution < 1.29 is 19.4 Å². The topological polar surface area (TPSA) is 90.9 Å². The number of carbonyl (C=O) groups is 2. The van der Waals surface area contributed by atoms with Crippen LogP contribution in [0.1, 0.15) is 22.8 Å². The second-order valence-corrected chi connectivity index (χ2v) is 6.78. The van der Waals surface area contributed by atoms with E-state index in [1.807, 2.05) is 43.4 Å². The van der Waals surface area contributed by atoms with E-state index in [1.54, 1.807) is 13.2 Å². The van der Waals surface area contributed by atoms with Gasteiger partial charge in [0.05, 0.1) is 13.2 Å². The Kier molecular flexibility index (Phi) is 6.16. The van der Waals surface area contributed by atoms with Crippen LogP contribution in [0.5, 0.6) is 5.75 Å². The van der Waals surface area contributed by atoms with Gasteiger partial charge in [-0.2, -0.15) is 0 Å². The summed E-state index contributed by atoms with van der Waals surface area (Å²) in [4.78, 5) is 26.2. The molecule has 0 aliphatic carbocycles. The van der Waals surface area contributed by atoms with Crippen molar-refractivity contribution in [2.24, 2.45) is 0 Å². The number of aliphatic hydroxyl groups excluding tert-OH is 1. The van der Waals surface area contributed by atoms with Crippen LogP contribution in [0.25, 0.3) is 0 Å². The first kappa shape index (κ1) is 19.7. The molecule has 3 rings (SSSR count). The van der Waals surface area contributed by atoms with E-state index in [1.165, 1.54) is 5.56 Å². The van der Waals surface area contributed by atoms with Crippen molar-refractivity contribution in [3.05, 3.63) is 59.2 Å². The first-order valence-electron chi connectivity index (χ1n) is 9.19. The quantitative estimate of drug-likeness (QED) is 0.651. The van der Waals surface area contributed by atoms with Crippen molar-refractivity contribution >= 4 is 17.5 Å². The predicted molar refractivity (Wildman–Crippen MR) is 106 cm³/mol. The summed E-state index contributed by atoms with van der Waals surface area (Å²) in [7, 11) is 3.58. The van der Waals surface area contributed by atoms with Gasteiger partial charge >= 0.3 is 11.8 Å². The predicted octanol–water partition coefficient (Wildman–Crippen LogP) is 1.15. The van der Waals surface area contributed by atoms with Gasteiger partial charge in [-0.15, -0.1) is 0 Å². The number of anilines is 1. The van der Waals surface area contributed by atoms with Crippen LogP contribution in [-0.2, 0) is 22.6 Å². The summed E-state index contributed by atoms with van der Waals surface area (Å²) in [5.74, 6) is -0.899. The molecule has 0 saturated carbocycles. The molecule has 1 aliphatic rings. The van der Waals surface area contributed by atoms with Crippen LogP contribution < -0.4 is 20.3 Å². The van der Waals surface area contributed by atoms with Crippen LogP contribution in [0.2, 0.25) is 0 Å². The van der Waals surface area contributed by atoms with Gasteiger partial charge < -0.3 is 25.4 Å². The summed E-state index contributed by atoms with van der Waals surface area (Å²) in [6.45, 7) is 1.10. The standard InChI is InChI=1S/C21H25N3O4/c1-24-10-9-14-11-15(7-8-17(14)24)18(25)13-23-21(27)20(26)22-12-16-5-3-4-6-19(16)28-2/h3-8,11,18,25H,9-10,12-13H2,1-2H3,(H,22,26)(H,23,27)/t18-/m1/s1. The third kappa shape index (κ3) is 4.43. The minimum atomic E-state index is -0.873. The highest BCUT2D eigenvalue weighted by molar-refractivity contribution is 6.35. The number of methoxy groups -OCH3 is 1. The van der Waals surface area contributed by atoms with Gasteiger partial charge in [0.1, 0.15) is 5.75 Å². The van der Waals surface area contributed by atoms with Crippen molar-refractivity contribution in [3.63, 3.8) is 0 Å². The first-order chi connectivity index (χ1) is 13.5. The van der Waals surface area contributed by atoms with Gasteiger partial charge in [0, 0.05) is 37.9 Å². The van der Waals surface area contributed by atoms with Gasteiger partial charge in [-0.25, -0.2) is 0 Å². The Morgan fingerprint density at radius 3 is 2.71 bits per heavy atom. The molecule has 2 aromatic carbocycles. The Hall–Kier alpha value is -3.06. The second-order valence-electron chi connectivity index (χ2n) is 6.78. The van der Waals surface area contributed by atoms with Gasteiger partial charge in [0.2, 0.25) is 0 Å². The highest BCUT2D eigenvalue weighted by Crippen LogP contribution is 2.29. The molecule has 2 aromatic rings. The molecule has 0 bridgehead atoms. The van der Waals surface area contributed by atoms with Crippen LogP contribution in [0.4, 0.5) is 5.69 Å². The zero-order valence-corrected chi connectivity index (χ0v) is 16.1. The Bertz CT molecular complexity index is 868. The monoisotopic (exact) mass is 383 g/mol. The van der Waals surface area contributed by atoms with E-state index in [4.69, 9.17) is 4.74 Å². The fourth-order valence-corrected chi connectivity index (χ4v) is 3.29. The molecule has 1 aliphatic heterocycles. The molecule has 1 atom stereocenters. The summed E-state index contributed by atoms with van der Waals surface area (Å²) in [6, 6.07) is 13.0. The number of nitrogens with zero attached hydrogens (tertiary/aromatic N) is 1. The molecule has 7 nitrogen and oxygen atoms in total. The molecule has 148 valence electrons. The van der Waals surface area contributed by atoms with Crippen LogP contribution in [0, 0.1) is 0 Å². The van der Waals surface area contributed by atoms with Crippen molar-refractivity contribution in [1.82, 2.24) is 10.6 Å². The molecule has 0 unspecified atom stereocenters. The molecular weight excluding hydrogens is 358 g/mol. The van der Waals surface area contributed by atoms with Crippen LogP contribution in [0.15, 0.2) is 42.5 Å². The molecule has 7 heteroatoms. The number of aliphatic hydroxyl groups is 1. The largest absolute Gasteiger partial charge is 0.496 e. The Balaban J connectivity index is 1.50. The van der Waals surface area contributed by atoms with E-state index in [2.05, 4.69) is 15.5 Å². The molecule has 1 heterocycles. The zero-order valence-electron chi connectivity index (χ0n) is 16.1. The lowest BCUT2D eigenvalue weighted by atomic mass is 10.0. The minimum Gasteiger partial charge on any atom is -0.496 e. The number of ether oxygens (including phenoxy) is 1. The van der Waals surface area contributed by atoms with Crippen molar-refractivity contribution in [2.75, 3.05) is 32.1 Å². The number of fused-ring (bicyclic) bond motifs is 1. The average molecular weight is 383 g/mol. The Morgan fingerprint density at radius 1 is 1.18 bits per heavy atom. The van der Waals surface area contributed by atoms with E-state index < -0.39 is 17.9 Å². The highest BCUT2D eigenvalue weighted by Gasteiger charge is 2.19. The average Bonchev–Trinajstić information content (AvgIpc) is 3.10. The second kappa shape index (κ2) is 8.75. The van der Waals surface area contributed by atoms with E-state index in [9.17, 15) is 14.7 Å². The summed E-state index contributed by atoms with van der Waals surface area (Å²) in [5.41, 5.74) is 3.84. The number of benzene rings is 2. The van der Waals surface area contributed by atoms with Gasteiger partial charge in [-0.1, -0.05) is 30.3 Å². The number of hydrogen-bond donors (Lipinski definition) is 3. The summed E-state index contributed by atoms with van der Waals surface area (Å²) < 4.78 is 5.22. The molecular formula is C21H25N3O4. The van der Waals surface area contributed by atoms with Gasteiger partial charge in [0.25, 0.3) is 0 Å². The summed E-state index contributed by atoms with van der Waals surface area (Å²) in [5, 5.41) is 15.4. The third-order valence-electron chi connectivity index (χ3n) is 4.91. The molecule has 3 N–H and O–H groups in total. The molecule has 0 fully saturated rings. The number of nitrogens with one attached hydrogen (secondary N) is 2. The van der Waals surface area contributed by atoms with Gasteiger partial charge in [-0.3, -0.25) is 9.59 Å². The third-order valence-corrected chi connectivity index (χ3v) is 4.91. The molecule has 0 spiro atoms. The fourth-order valence-electron chi connectivity index (χ4n) is 3.29. The van der Waals surface area contributed by atoms with Crippen molar-refractivity contribution in [2.45, 2.75) is 19.1 Å². The maximum atomic E-state index is 12.0. The molecule has 2 amide bonds. The van der Waals surface area contributed by atoms with Crippen LogP contribution in [-0.4, -0.2) is 44.2 Å². The summed E-state index contributed by atoms with van der Waals surface area (Å²) in [6.07, 6.45) is 0.0616. The maximum Gasteiger partial charge on any atom is 0.309 e. The fraction of sp³-hybridized carbons (Fsp3) is 0.333. The van der Waals surface area contributed by atoms with E-state index in [0.717, 1.165) is 29.8 Å². The molecule has 28 heavy (non-hydrogen) atoms. The Labute approximate surface area is 164 Å². The number of para-hydroxylation sites is 1. The SMILES string of the molecule is COc1ccccc1CNC(=O)C(=O)NC[C@@H](O)c1ccc2c(c1)CCN2C. The van der Waals surface area contributed by atoms with Crippen molar-refractivity contribution in [1.29, 1.82) is 0 Å². The van der Waals surface area contributed by atoms with Crippen molar-refractivity contribution in [3.8, 4) is 5.75 Å². The van der Waals surface area contributed by atoms with Gasteiger partial charge in [0.15, 0.2) is 0 Å². The molecule has 0 radical (unpaired) electrons. The lowest BCUT2D eigenvalue weighted by Crippen LogP contribution is -2.41. The number of amides is 2. The molecule has 0 saturated heterocycles. The lowest BCUT2D eigenvalue weighted by Gasteiger charge is -2.15. The number of carbonyl (C=O) groups excluding carboxylic acids is 2. The smallest absolute Gasteiger partial charge is 0.309 e.